The maximum absolute atomic E-state index is 6.05. The molecule has 5 nitrogen and oxygen atoms in total. The van der Waals surface area contributed by atoms with E-state index in [9.17, 15) is 0 Å². The van der Waals surface area contributed by atoms with E-state index in [4.69, 9.17) is 18.9 Å². The number of rotatable bonds is 4. The van der Waals surface area contributed by atoms with Gasteiger partial charge in [0.15, 0.2) is 11.5 Å². The van der Waals surface area contributed by atoms with Crippen LogP contribution in [0.1, 0.15) is 24.8 Å². The zero-order valence-electron chi connectivity index (χ0n) is 13.8. The lowest BCUT2D eigenvalue weighted by Gasteiger charge is -2.50. The summed E-state index contributed by atoms with van der Waals surface area (Å²) in [4.78, 5) is 2.53. The highest BCUT2D eigenvalue weighted by Gasteiger charge is 2.45. The molecule has 1 aromatic rings. The Morgan fingerprint density at radius 3 is 3.13 bits per heavy atom. The minimum atomic E-state index is 0.154. The summed E-state index contributed by atoms with van der Waals surface area (Å²) >= 11 is 0. The molecule has 0 unspecified atom stereocenters. The number of nitrogens with zero attached hydrogens (tertiary/aromatic N) is 1. The molecule has 2 atom stereocenters. The van der Waals surface area contributed by atoms with Crippen LogP contribution in [0.5, 0.6) is 11.5 Å². The summed E-state index contributed by atoms with van der Waals surface area (Å²) in [6.07, 6.45) is 3.78. The molecule has 3 heterocycles. The highest BCUT2D eigenvalue weighted by Crippen LogP contribution is 2.41. The van der Waals surface area contributed by atoms with Crippen molar-refractivity contribution in [2.75, 3.05) is 40.2 Å². The monoisotopic (exact) mass is 319 g/mol. The minimum Gasteiger partial charge on any atom is -0.454 e. The van der Waals surface area contributed by atoms with Crippen LogP contribution >= 0.6 is 0 Å². The lowest BCUT2D eigenvalue weighted by atomic mass is 9.73. The molecule has 3 aliphatic rings. The summed E-state index contributed by atoms with van der Waals surface area (Å²) < 4.78 is 22.5. The molecule has 0 amide bonds. The van der Waals surface area contributed by atoms with Gasteiger partial charge in [0.25, 0.3) is 0 Å². The Hall–Kier alpha value is -1.30. The van der Waals surface area contributed by atoms with E-state index in [1.165, 1.54) is 12.0 Å². The van der Waals surface area contributed by atoms with E-state index < -0.39 is 0 Å². The van der Waals surface area contributed by atoms with Gasteiger partial charge in [0, 0.05) is 38.8 Å². The average molecular weight is 319 g/mol. The number of likely N-dealkylation sites (tertiary alicyclic amines) is 1. The normalized spacial score (nSPS) is 30.2. The fourth-order valence-corrected chi connectivity index (χ4v) is 4.31. The van der Waals surface area contributed by atoms with Gasteiger partial charge in [-0.25, -0.2) is 0 Å². The minimum absolute atomic E-state index is 0.154. The first kappa shape index (κ1) is 15.2. The molecule has 3 aliphatic heterocycles. The molecule has 2 fully saturated rings. The molecule has 0 radical (unpaired) electrons. The number of piperidine rings is 1. The number of ether oxygens (including phenoxy) is 4. The van der Waals surface area contributed by atoms with Crippen LogP contribution in [0.4, 0.5) is 0 Å². The summed E-state index contributed by atoms with van der Waals surface area (Å²) in [5, 5.41) is 0. The molecule has 4 rings (SSSR count). The Bertz CT molecular complexity index is 560. The fraction of sp³-hybridized carbons (Fsp3) is 0.667. The molecule has 23 heavy (non-hydrogen) atoms. The smallest absolute Gasteiger partial charge is 0.231 e. The van der Waals surface area contributed by atoms with E-state index in [1.54, 1.807) is 7.11 Å². The van der Waals surface area contributed by atoms with Gasteiger partial charge in [-0.1, -0.05) is 6.07 Å². The van der Waals surface area contributed by atoms with Gasteiger partial charge in [-0.05, 0) is 37.0 Å². The second-order valence-corrected chi connectivity index (χ2v) is 6.95. The molecule has 5 heteroatoms. The zero-order chi connectivity index (χ0) is 15.7. The lowest BCUT2D eigenvalue weighted by Crippen LogP contribution is -2.56. The van der Waals surface area contributed by atoms with E-state index in [1.807, 2.05) is 6.07 Å². The predicted octanol–water partition coefficient (Wildman–Crippen LogP) is 2.43. The Morgan fingerprint density at radius 2 is 2.22 bits per heavy atom. The van der Waals surface area contributed by atoms with E-state index in [-0.39, 0.29) is 5.41 Å². The maximum atomic E-state index is 6.05. The first-order valence-electron chi connectivity index (χ1n) is 8.50. The highest BCUT2D eigenvalue weighted by atomic mass is 16.7. The van der Waals surface area contributed by atoms with Gasteiger partial charge in [0.2, 0.25) is 6.79 Å². The van der Waals surface area contributed by atoms with Gasteiger partial charge >= 0.3 is 0 Å². The molecule has 0 aromatic heterocycles. The van der Waals surface area contributed by atoms with Crippen LogP contribution in [-0.4, -0.2) is 51.2 Å². The molecule has 0 N–H and O–H groups in total. The Balaban J connectivity index is 1.47. The number of methoxy groups -OCH3 is 1. The topological polar surface area (TPSA) is 40.2 Å². The standard InChI is InChI=1S/C18H25NO4/c1-20-12-18-6-2-8-21-17(18)5-7-19(11-18)10-14-3-4-15-16(9-14)23-13-22-15/h3-4,9,17H,2,5-8,10-13H2,1H3/t17-,18+/m0/s1. The van der Waals surface area contributed by atoms with Gasteiger partial charge in [-0.15, -0.1) is 0 Å². The van der Waals surface area contributed by atoms with Crippen molar-refractivity contribution in [3.63, 3.8) is 0 Å². The third-order valence-corrected chi connectivity index (χ3v) is 5.34. The van der Waals surface area contributed by atoms with Crippen LogP contribution in [0.2, 0.25) is 0 Å². The molecule has 0 bridgehead atoms. The summed E-state index contributed by atoms with van der Waals surface area (Å²) in [5.41, 5.74) is 1.43. The van der Waals surface area contributed by atoms with E-state index in [0.29, 0.717) is 12.9 Å². The molecule has 0 saturated carbocycles. The van der Waals surface area contributed by atoms with Gasteiger partial charge in [0.05, 0.1) is 12.7 Å². The van der Waals surface area contributed by atoms with Crippen LogP contribution in [0, 0.1) is 5.41 Å². The third-order valence-electron chi connectivity index (χ3n) is 5.34. The van der Waals surface area contributed by atoms with Crippen molar-refractivity contribution >= 4 is 0 Å². The van der Waals surface area contributed by atoms with Crippen molar-refractivity contribution in [2.45, 2.75) is 31.9 Å². The van der Waals surface area contributed by atoms with Crippen molar-refractivity contribution in [3.8, 4) is 11.5 Å². The van der Waals surface area contributed by atoms with Crippen LogP contribution in [0.3, 0.4) is 0 Å². The number of fused-ring (bicyclic) bond motifs is 2. The summed E-state index contributed by atoms with van der Waals surface area (Å²) in [6, 6.07) is 6.26. The van der Waals surface area contributed by atoms with E-state index in [2.05, 4.69) is 17.0 Å². The van der Waals surface area contributed by atoms with E-state index >= 15 is 0 Å². The number of hydrogen-bond acceptors (Lipinski definition) is 5. The molecular weight excluding hydrogens is 294 g/mol. The van der Waals surface area contributed by atoms with Crippen molar-refractivity contribution in [1.82, 2.24) is 4.90 Å². The Kier molecular flexibility index (Phi) is 4.18. The number of benzene rings is 1. The van der Waals surface area contributed by atoms with E-state index in [0.717, 1.165) is 57.2 Å². The van der Waals surface area contributed by atoms with Crippen LogP contribution in [0.15, 0.2) is 18.2 Å². The van der Waals surface area contributed by atoms with Gasteiger partial charge < -0.3 is 18.9 Å². The van der Waals surface area contributed by atoms with Crippen molar-refractivity contribution in [1.29, 1.82) is 0 Å². The maximum Gasteiger partial charge on any atom is 0.231 e. The zero-order valence-corrected chi connectivity index (χ0v) is 13.8. The first-order chi connectivity index (χ1) is 11.3. The first-order valence-corrected chi connectivity index (χ1v) is 8.50. The van der Waals surface area contributed by atoms with Crippen molar-refractivity contribution in [2.24, 2.45) is 5.41 Å². The molecule has 0 spiro atoms. The Labute approximate surface area is 137 Å². The molecule has 2 saturated heterocycles. The summed E-state index contributed by atoms with van der Waals surface area (Å²) in [7, 11) is 1.80. The molecule has 0 aliphatic carbocycles. The van der Waals surface area contributed by atoms with Crippen LogP contribution < -0.4 is 9.47 Å². The quantitative estimate of drug-likeness (QED) is 0.852. The summed E-state index contributed by atoms with van der Waals surface area (Å²) in [6.45, 7) is 5.07. The van der Waals surface area contributed by atoms with Gasteiger partial charge in [0.1, 0.15) is 0 Å². The lowest BCUT2D eigenvalue weighted by molar-refractivity contribution is -0.149. The van der Waals surface area contributed by atoms with Crippen molar-refractivity contribution in [3.05, 3.63) is 23.8 Å². The Morgan fingerprint density at radius 1 is 1.30 bits per heavy atom. The SMILES string of the molecule is COC[C@]12CCCO[C@H]1CCN(Cc1ccc3c(c1)OCO3)C2. The fourth-order valence-electron chi connectivity index (χ4n) is 4.31. The van der Waals surface area contributed by atoms with Gasteiger partial charge in [-0.2, -0.15) is 0 Å². The van der Waals surface area contributed by atoms with Crippen molar-refractivity contribution < 1.29 is 18.9 Å². The highest BCUT2D eigenvalue weighted by molar-refractivity contribution is 5.44. The average Bonchev–Trinajstić information content (AvgIpc) is 3.02. The van der Waals surface area contributed by atoms with Crippen LogP contribution in [-0.2, 0) is 16.0 Å². The second kappa shape index (κ2) is 6.30. The number of hydrogen-bond donors (Lipinski definition) is 0. The molecule has 1 aromatic carbocycles. The van der Waals surface area contributed by atoms with Gasteiger partial charge in [-0.3, -0.25) is 4.90 Å². The summed E-state index contributed by atoms with van der Waals surface area (Å²) in [5.74, 6) is 1.72. The molecule has 126 valence electrons. The molecular formula is C18H25NO4. The third kappa shape index (κ3) is 2.93. The largest absolute Gasteiger partial charge is 0.454 e. The second-order valence-electron chi connectivity index (χ2n) is 6.95. The van der Waals surface area contributed by atoms with Crippen LogP contribution in [0.25, 0.3) is 0 Å². The predicted molar refractivity (Wildman–Crippen MR) is 85.7 cm³/mol.